The molecule has 0 fully saturated rings. The van der Waals surface area contributed by atoms with Gasteiger partial charge in [-0.15, -0.1) is 0 Å². The van der Waals surface area contributed by atoms with Crippen molar-refractivity contribution in [3.8, 4) is 0 Å². The van der Waals surface area contributed by atoms with Gasteiger partial charge >= 0.3 is 5.97 Å². The zero-order valence-electron chi connectivity index (χ0n) is 20.9. The number of allylic oxidation sites excluding steroid dienone is 2. The molecule has 0 atom stereocenters. The van der Waals surface area contributed by atoms with Crippen molar-refractivity contribution in [3.63, 3.8) is 0 Å². The SMILES string of the molecule is CCCCCCCCCCCCCCCCCC(=O)OC1=C(c2ccc(Cl)cc2Cl)C(=O)CC1. The molecule has 34 heavy (non-hydrogen) atoms. The van der Waals surface area contributed by atoms with Gasteiger partial charge in [-0.1, -0.05) is 126 Å². The number of ether oxygens (including phenoxy) is 1. The number of carbonyl (C=O) groups is 2. The number of esters is 1. The quantitative estimate of drug-likeness (QED) is 0.146. The highest BCUT2D eigenvalue weighted by Gasteiger charge is 2.28. The molecule has 0 unspecified atom stereocenters. The maximum absolute atomic E-state index is 12.4. The number of hydrogen-bond acceptors (Lipinski definition) is 3. The van der Waals surface area contributed by atoms with Crippen LogP contribution >= 0.6 is 23.2 Å². The fraction of sp³-hybridized carbons (Fsp3) is 0.655. The number of benzene rings is 1. The Morgan fingerprint density at radius 3 is 1.85 bits per heavy atom. The third-order valence-electron chi connectivity index (χ3n) is 6.56. The number of rotatable bonds is 18. The Kier molecular flexibility index (Phi) is 14.6. The van der Waals surface area contributed by atoms with E-state index >= 15 is 0 Å². The number of hydrogen-bond donors (Lipinski definition) is 0. The second kappa shape index (κ2) is 17.2. The van der Waals surface area contributed by atoms with Gasteiger partial charge in [-0.05, 0) is 18.6 Å². The van der Waals surface area contributed by atoms with E-state index in [0.29, 0.717) is 46.2 Å². The average Bonchev–Trinajstić information content (AvgIpc) is 3.16. The van der Waals surface area contributed by atoms with Crippen molar-refractivity contribution in [1.29, 1.82) is 0 Å². The number of carbonyl (C=O) groups excluding carboxylic acids is 2. The van der Waals surface area contributed by atoms with Crippen LogP contribution in [0.2, 0.25) is 10.0 Å². The van der Waals surface area contributed by atoms with Crippen molar-refractivity contribution < 1.29 is 14.3 Å². The monoisotopic (exact) mass is 508 g/mol. The van der Waals surface area contributed by atoms with Crippen molar-refractivity contribution in [3.05, 3.63) is 39.6 Å². The highest BCUT2D eigenvalue weighted by atomic mass is 35.5. The topological polar surface area (TPSA) is 43.4 Å². The van der Waals surface area contributed by atoms with Gasteiger partial charge in [0, 0.05) is 29.8 Å². The molecular weight excluding hydrogens is 467 g/mol. The average molecular weight is 510 g/mol. The van der Waals surface area contributed by atoms with Crippen LogP contribution in [0.1, 0.15) is 128 Å². The fourth-order valence-electron chi connectivity index (χ4n) is 4.56. The number of Topliss-reactive ketones (excluding diaryl/α,β-unsaturated/α-hetero) is 1. The van der Waals surface area contributed by atoms with Crippen LogP contribution in [0.15, 0.2) is 24.0 Å². The van der Waals surface area contributed by atoms with E-state index in [-0.39, 0.29) is 11.8 Å². The molecule has 3 nitrogen and oxygen atoms in total. The summed E-state index contributed by atoms with van der Waals surface area (Å²) in [6.45, 7) is 2.27. The molecule has 2 rings (SSSR count). The number of ketones is 1. The van der Waals surface area contributed by atoms with Crippen LogP contribution in [0.3, 0.4) is 0 Å². The second-order valence-electron chi connectivity index (χ2n) is 9.52. The minimum atomic E-state index is -0.262. The highest BCUT2D eigenvalue weighted by Crippen LogP contribution is 2.36. The summed E-state index contributed by atoms with van der Waals surface area (Å²) in [5.74, 6) is 0.140. The molecule has 5 heteroatoms. The number of halogens is 2. The predicted molar refractivity (Wildman–Crippen MR) is 143 cm³/mol. The first-order valence-corrected chi connectivity index (χ1v) is 14.2. The van der Waals surface area contributed by atoms with Crippen LogP contribution in [0.4, 0.5) is 0 Å². The van der Waals surface area contributed by atoms with Crippen molar-refractivity contribution in [2.75, 3.05) is 0 Å². The van der Waals surface area contributed by atoms with E-state index < -0.39 is 0 Å². The van der Waals surface area contributed by atoms with E-state index in [9.17, 15) is 9.59 Å². The lowest BCUT2D eigenvalue weighted by Crippen LogP contribution is -2.05. The molecule has 0 bridgehead atoms. The van der Waals surface area contributed by atoms with E-state index in [1.807, 2.05) is 0 Å². The maximum Gasteiger partial charge on any atom is 0.310 e. The van der Waals surface area contributed by atoms with Gasteiger partial charge in [0.2, 0.25) is 0 Å². The van der Waals surface area contributed by atoms with Crippen LogP contribution in [0, 0.1) is 0 Å². The molecule has 0 aliphatic heterocycles. The smallest absolute Gasteiger partial charge is 0.310 e. The van der Waals surface area contributed by atoms with Crippen LogP contribution in [-0.4, -0.2) is 11.8 Å². The first-order chi connectivity index (χ1) is 16.5. The zero-order chi connectivity index (χ0) is 24.6. The Balaban J connectivity index is 1.54. The minimum Gasteiger partial charge on any atom is -0.430 e. The Hall–Kier alpha value is -1.32. The molecule has 0 N–H and O–H groups in total. The molecule has 1 aliphatic rings. The van der Waals surface area contributed by atoms with Gasteiger partial charge in [-0.25, -0.2) is 0 Å². The molecule has 0 radical (unpaired) electrons. The Bertz CT molecular complexity index is 801. The first-order valence-electron chi connectivity index (χ1n) is 13.5. The summed E-state index contributed by atoms with van der Waals surface area (Å²) in [4.78, 5) is 24.7. The van der Waals surface area contributed by atoms with Crippen molar-refractivity contribution in [1.82, 2.24) is 0 Å². The van der Waals surface area contributed by atoms with E-state index in [2.05, 4.69) is 6.92 Å². The minimum absolute atomic E-state index is 0.0426. The lowest BCUT2D eigenvalue weighted by Gasteiger charge is -2.10. The molecule has 1 aromatic rings. The van der Waals surface area contributed by atoms with Gasteiger partial charge in [0.15, 0.2) is 5.78 Å². The Morgan fingerprint density at radius 1 is 0.794 bits per heavy atom. The molecule has 0 saturated heterocycles. The van der Waals surface area contributed by atoms with Crippen molar-refractivity contribution in [2.24, 2.45) is 0 Å². The van der Waals surface area contributed by atoms with Gasteiger partial charge in [0.25, 0.3) is 0 Å². The van der Waals surface area contributed by atoms with Crippen molar-refractivity contribution >= 4 is 40.5 Å². The van der Waals surface area contributed by atoms with E-state index in [0.717, 1.165) is 19.3 Å². The second-order valence-corrected chi connectivity index (χ2v) is 10.4. The normalized spacial score (nSPS) is 13.7. The van der Waals surface area contributed by atoms with E-state index in [1.54, 1.807) is 18.2 Å². The summed E-state index contributed by atoms with van der Waals surface area (Å²) >= 11 is 12.2. The largest absolute Gasteiger partial charge is 0.430 e. The molecule has 0 saturated carbocycles. The molecule has 0 amide bonds. The van der Waals surface area contributed by atoms with Crippen LogP contribution in [-0.2, 0) is 14.3 Å². The lowest BCUT2D eigenvalue weighted by molar-refractivity contribution is -0.139. The lowest BCUT2D eigenvalue weighted by atomic mass is 10.0. The zero-order valence-corrected chi connectivity index (χ0v) is 22.5. The van der Waals surface area contributed by atoms with E-state index in [1.165, 1.54) is 77.0 Å². The molecule has 1 aliphatic carbocycles. The molecule has 190 valence electrons. The van der Waals surface area contributed by atoms with Gasteiger partial charge < -0.3 is 4.74 Å². The number of unbranched alkanes of at least 4 members (excludes halogenated alkanes) is 14. The predicted octanol–water partition coefficient (Wildman–Crippen LogP) is 9.87. The summed E-state index contributed by atoms with van der Waals surface area (Å²) in [6, 6.07) is 5.01. The van der Waals surface area contributed by atoms with Gasteiger partial charge in [0.1, 0.15) is 5.76 Å². The summed E-state index contributed by atoms with van der Waals surface area (Å²) < 4.78 is 5.58. The third-order valence-corrected chi connectivity index (χ3v) is 7.11. The molecule has 0 aromatic heterocycles. The molecule has 1 aromatic carbocycles. The molecule has 0 spiro atoms. The maximum atomic E-state index is 12.4. The van der Waals surface area contributed by atoms with Crippen molar-refractivity contribution in [2.45, 2.75) is 122 Å². The van der Waals surface area contributed by atoms with Crippen LogP contribution < -0.4 is 0 Å². The van der Waals surface area contributed by atoms with Gasteiger partial charge in [-0.2, -0.15) is 0 Å². The van der Waals surface area contributed by atoms with Crippen LogP contribution in [0.5, 0.6) is 0 Å². The third kappa shape index (κ3) is 11.0. The Labute approximate surface area is 216 Å². The standard InChI is InChI=1S/C29H42Cl2O3/c1-2-3-4-5-6-7-8-9-10-11-12-13-14-15-16-17-28(33)34-27-21-20-26(32)29(27)24-19-18-23(30)22-25(24)31/h18-19,22H,2-17,20-21H2,1H3. The molecule has 0 heterocycles. The molecular formula is C29H42Cl2O3. The summed E-state index contributed by atoms with van der Waals surface area (Å²) in [6.07, 6.45) is 20.5. The summed E-state index contributed by atoms with van der Waals surface area (Å²) in [7, 11) is 0. The summed E-state index contributed by atoms with van der Waals surface area (Å²) in [5, 5.41) is 0.903. The van der Waals surface area contributed by atoms with Gasteiger partial charge in [0.05, 0.1) is 10.6 Å². The fourth-order valence-corrected chi connectivity index (χ4v) is 5.06. The first kappa shape index (κ1) is 28.9. The van der Waals surface area contributed by atoms with E-state index in [4.69, 9.17) is 27.9 Å². The highest BCUT2D eigenvalue weighted by molar-refractivity contribution is 6.38. The summed E-state index contributed by atoms with van der Waals surface area (Å²) in [5.41, 5.74) is 1.01. The Morgan fingerprint density at radius 2 is 1.32 bits per heavy atom. The van der Waals surface area contributed by atoms with Crippen LogP contribution in [0.25, 0.3) is 5.57 Å². The van der Waals surface area contributed by atoms with Gasteiger partial charge in [-0.3, -0.25) is 9.59 Å².